The molecule has 2 aromatic carbocycles. The van der Waals surface area contributed by atoms with Crippen LogP contribution in [0.4, 0.5) is 0 Å². The smallest absolute Gasteiger partial charge is 0.243 e. The summed E-state index contributed by atoms with van der Waals surface area (Å²) in [6.45, 7) is 3.41. The zero-order valence-corrected chi connectivity index (χ0v) is 24.6. The number of aryl methyl sites for hydroxylation is 1. The number of nitrogens with one attached hydrogen (secondary N) is 2. The van der Waals surface area contributed by atoms with Crippen molar-refractivity contribution in [1.82, 2.24) is 14.3 Å². The van der Waals surface area contributed by atoms with E-state index in [0.717, 1.165) is 16.5 Å². The Morgan fingerprint density at radius 1 is 1.16 bits per heavy atom. The lowest BCUT2D eigenvalue weighted by molar-refractivity contribution is -0.0312. The minimum absolute atomic E-state index is 0.00285. The Hall–Kier alpha value is -1.58. The molecule has 2 atom stereocenters. The normalized spacial score (nSPS) is 21.0. The van der Waals surface area contributed by atoms with Gasteiger partial charge in [0.05, 0.1) is 22.0 Å². The van der Waals surface area contributed by atoms with Crippen LogP contribution in [0.1, 0.15) is 24.8 Å². The lowest BCUT2D eigenvalue weighted by Gasteiger charge is -2.38. The van der Waals surface area contributed by atoms with Gasteiger partial charge in [-0.15, -0.1) is 0 Å². The maximum Gasteiger partial charge on any atom is 0.243 e. The molecule has 0 bridgehead atoms. The van der Waals surface area contributed by atoms with Gasteiger partial charge < -0.3 is 19.9 Å². The predicted molar refractivity (Wildman–Crippen MR) is 146 cm³/mol. The fourth-order valence-electron chi connectivity index (χ4n) is 4.79. The molecule has 0 amide bonds. The summed E-state index contributed by atoms with van der Waals surface area (Å²) < 4.78 is 66.6. The first-order chi connectivity index (χ1) is 17.9. The van der Waals surface area contributed by atoms with Crippen LogP contribution < -0.4 is 14.8 Å². The molecule has 210 valence electrons. The molecule has 2 fully saturated rings. The van der Waals surface area contributed by atoms with E-state index in [1.54, 1.807) is 30.3 Å². The van der Waals surface area contributed by atoms with Crippen molar-refractivity contribution in [3.63, 3.8) is 0 Å². The maximum absolute atomic E-state index is 13.1. The predicted octanol–water partition coefficient (Wildman–Crippen LogP) is 2.01. The highest BCUT2D eigenvalue weighted by Gasteiger charge is 2.44. The van der Waals surface area contributed by atoms with Gasteiger partial charge in [-0.2, -0.15) is 4.31 Å². The number of halogens is 1. The Labute approximate surface area is 232 Å². The summed E-state index contributed by atoms with van der Waals surface area (Å²) in [5.41, 5.74) is 0.496. The van der Waals surface area contributed by atoms with Crippen LogP contribution >= 0.6 is 15.9 Å². The van der Waals surface area contributed by atoms with Crippen LogP contribution in [0, 0.1) is 6.92 Å². The molecule has 10 nitrogen and oxygen atoms in total. The average molecular weight is 633 g/mol. The summed E-state index contributed by atoms with van der Waals surface area (Å²) in [4.78, 5) is 0.386. The summed E-state index contributed by atoms with van der Waals surface area (Å²) in [5, 5.41) is 13.7. The molecular formula is C25H34BrN3O7S2. The lowest BCUT2D eigenvalue weighted by atomic mass is 9.88. The van der Waals surface area contributed by atoms with E-state index in [0.29, 0.717) is 43.2 Å². The largest absolute Gasteiger partial charge is 0.491 e. The second kappa shape index (κ2) is 11.9. The molecule has 0 saturated carbocycles. The third-order valence-corrected chi connectivity index (χ3v) is 11.3. The van der Waals surface area contributed by atoms with Crippen molar-refractivity contribution in [2.45, 2.75) is 53.7 Å². The van der Waals surface area contributed by atoms with Crippen LogP contribution in [0.3, 0.4) is 0 Å². The molecule has 4 rings (SSSR count). The van der Waals surface area contributed by atoms with Gasteiger partial charge in [0.25, 0.3) is 0 Å². The van der Waals surface area contributed by atoms with Crippen molar-refractivity contribution in [2.24, 2.45) is 0 Å². The third kappa shape index (κ3) is 6.76. The highest BCUT2D eigenvalue weighted by molar-refractivity contribution is 9.10. The van der Waals surface area contributed by atoms with Crippen molar-refractivity contribution < 1.29 is 31.4 Å². The van der Waals surface area contributed by atoms with Crippen LogP contribution in [-0.4, -0.2) is 83.9 Å². The molecule has 2 unspecified atom stereocenters. The van der Waals surface area contributed by atoms with Crippen molar-refractivity contribution in [1.29, 1.82) is 0 Å². The molecule has 13 heteroatoms. The van der Waals surface area contributed by atoms with Crippen molar-refractivity contribution in [3.8, 4) is 5.75 Å². The molecule has 1 spiro atoms. The average Bonchev–Trinajstić information content (AvgIpc) is 3.30. The monoisotopic (exact) mass is 631 g/mol. The van der Waals surface area contributed by atoms with Gasteiger partial charge in [0.2, 0.25) is 20.0 Å². The molecule has 2 saturated heterocycles. The second-order valence-corrected chi connectivity index (χ2v) is 14.4. The first kappa shape index (κ1) is 29.4. The van der Waals surface area contributed by atoms with Crippen LogP contribution in [-0.2, 0) is 24.8 Å². The summed E-state index contributed by atoms with van der Waals surface area (Å²) in [7, 11) is -5.81. The highest BCUT2D eigenvalue weighted by Crippen LogP contribution is 2.37. The first-order valence-electron chi connectivity index (χ1n) is 12.4. The molecule has 0 radical (unpaired) electrons. The van der Waals surface area contributed by atoms with Gasteiger partial charge >= 0.3 is 0 Å². The number of nitrogens with zero attached hydrogens (tertiary/aromatic N) is 1. The minimum atomic E-state index is -3.58. The Kier molecular flexibility index (Phi) is 9.20. The van der Waals surface area contributed by atoms with E-state index in [2.05, 4.69) is 26.0 Å². The Morgan fingerprint density at radius 3 is 2.58 bits per heavy atom. The number of ether oxygens (including phenoxy) is 2. The standard InChI is InChI=1S/C25H34BrN3O7S2/c1-18-12-23(6-7-24(18)26)38(33,34)29-10-8-25(9-11-29)14-19(16-36-25)28-15-20(30)17-35-21-4-3-5-22(13-21)37(31,32)27-2/h3-7,12-13,19-20,27-28,30H,8-11,14-17H2,1-2H3. The topological polar surface area (TPSA) is 134 Å². The number of aliphatic hydroxyl groups is 1. The van der Waals surface area contributed by atoms with Gasteiger partial charge in [-0.1, -0.05) is 22.0 Å². The fraction of sp³-hybridized carbons (Fsp3) is 0.520. The molecule has 2 aliphatic rings. The summed E-state index contributed by atoms with van der Waals surface area (Å²) in [5.74, 6) is 0.350. The Morgan fingerprint density at radius 2 is 1.89 bits per heavy atom. The molecule has 2 aromatic rings. The molecule has 0 aromatic heterocycles. The Bertz CT molecular complexity index is 1350. The van der Waals surface area contributed by atoms with Crippen LogP contribution in [0.15, 0.2) is 56.7 Å². The summed E-state index contributed by atoms with van der Waals surface area (Å²) >= 11 is 3.41. The van der Waals surface area contributed by atoms with E-state index in [4.69, 9.17) is 9.47 Å². The van der Waals surface area contributed by atoms with Gasteiger partial charge in [0.15, 0.2) is 0 Å². The SMILES string of the molecule is CNS(=O)(=O)c1cccc(OCC(O)CNC2COC3(CCN(S(=O)(=O)c4ccc(Br)c(C)c4)CC3)C2)c1. The zero-order valence-electron chi connectivity index (χ0n) is 21.4. The molecule has 38 heavy (non-hydrogen) atoms. The van der Waals surface area contributed by atoms with Crippen LogP contribution in [0.5, 0.6) is 5.75 Å². The fourth-order valence-corrected chi connectivity index (χ4v) is 7.33. The Balaban J connectivity index is 1.23. The number of benzene rings is 2. The van der Waals surface area contributed by atoms with E-state index in [-0.39, 0.29) is 29.7 Å². The molecule has 2 heterocycles. The van der Waals surface area contributed by atoms with E-state index in [1.165, 1.54) is 23.5 Å². The number of hydrogen-bond acceptors (Lipinski definition) is 8. The van der Waals surface area contributed by atoms with E-state index in [9.17, 15) is 21.9 Å². The number of hydrogen-bond donors (Lipinski definition) is 3. The van der Waals surface area contributed by atoms with E-state index in [1.807, 2.05) is 6.92 Å². The lowest BCUT2D eigenvalue weighted by Crippen LogP contribution is -2.47. The maximum atomic E-state index is 13.1. The zero-order chi connectivity index (χ0) is 27.6. The van der Waals surface area contributed by atoms with Gasteiger partial charge in [-0.3, -0.25) is 0 Å². The number of sulfonamides is 2. The van der Waals surface area contributed by atoms with E-state index >= 15 is 0 Å². The van der Waals surface area contributed by atoms with Crippen molar-refractivity contribution in [2.75, 3.05) is 39.9 Å². The first-order valence-corrected chi connectivity index (χ1v) is 16.1. The second-order valence-electron chi connectivity index (χ2n) is 9.77. The molecule has 3 N–H and O–H groups in total. The quantitative estimate of drug-likeness (QED) is 0.363. The molecule has 0 aliphatic carbocycles. The molecular weight excluding hydrogens is 598 g/mol. The van der Waals surface area contributed by atoms with Crippen molar-refractivity contribution >= 4 is 36.0 Å². The summed E-state index contributed by atoms with van der Waals surface area (Å²) in [6.07, 6.45) is 1.14. The molecule has 2 aliphatic heterocycles. The highest BCUT2D eigenvalue weighted by atomic mass is 79.9. The van der Waals surface area contributed by atoms with Gasteiger partial charge in [-0.25, -0.2) is 21.6 Å². The van der Waals surface area contributed by atoms with Crippen molar-refractivity contribution in [3.05, 3.63) is 52.5 Å². The van der Waals surface area contributed by atoms with Crippen LogP contribution in [0.25, 0.3) is 0 Å². The summed E-state index contributed by atoms with van der Waals surface area (Å²) in [6, 6.07) is 11.2. The minimum Gasteiger partial charge on any atom is -0.491 e. The van der Waals surface area contributed by atoms with Gasteiger partial charge in [-0.05, 0) is 69.1 Å². The van der Waals surface area contributed by atoms with Gasteiger partial charge in [0.1, 0.15) is 18.5 Å². The number of piperidine rings is 1. The van der Waals surface area contributed by atoms with E-state index < -0.39 is 26.2 Å². The third-order valence-electron chi connectivity index (χ3n) is 7.08. The number of aliphatic hydroxyl groups excluding tert-OH is 1. The number of rotatable bonds is 10. The van der Waals surface area contributed by atoms with Gasteiger partial charge in [0, 0.05) is 36.2 Å². The van der Waals surface area contributed by atoms with Crippen LogP contribution in [0.2, 0.25) is 0 Å².